The maximum absolute atomic E-state index is 9.59. The summed E-state index contributed by atoms with van der Waals surface area (Å²) in [5.41, 5.74) is 3.07. The fraction of sp³-hybridized carbons (Fsp3) is 0.214. The van der Waals surface area contributed by atoms with Crippen molar-refractivity contribution in [2.24, 2.45) is 0 Å². The molecule has 1 heterocycles. The number of rotatable bonds is 4. The fourth-order valence-electron chi connectivity index (χ4n) is 1.59. The van der Waals surface area contributed by atoms with Crippen LogP contribution in [-0.4, -0.2) is 10.1 Å². The fourth-order valence-corrected chi connectivity index (χ4v) is 1.59. The number of para-hydroxylation sites is 1. The molecule has 3 nitrogen and oxygen atoms in total. The molecule has 2 N–H and O–H groups in total. The van der Waals surface area contributed by atoms with E-state index in [0.717, 1.165) is 16.8 Å². The summed E-state index contributed by atoms with van der Waals surface area (Å²) in [7, 11) is 0. The predicted octanol–water partition coefficient (Wildman–Crippen LogP) is 2.39. The van der Waals surface area contributed by atoms with Gasteiger partial charge in [0.1, 0.15) is 5.75 Å². The number of phenols is 1. The highest BCUT2D eigenvalue weighted by molar-refractivity contribution is 5.31. The van der Waals surface area contributed by atoms with Gasteiger partial charge in [-0.2, -0.15) is 0 Å². The Morgan fingerprint density at radius 2 is 1.94 bits per heavy atom. The molecule has 0 saturated heterocycles. The van der Waals surface area contributed by atoms with Crippen LogP contribution in [0.25, 0.3) is 0 Å². The van der Waals surface area contributed by atoms with Gasteiger partial charge in [0, 0.05) is 24.8 Å². The number of pyridine rings is 1. The second-order valence-corrected chi connectivity index (χ2v) is 4.06. The third-order valence-corrected chi connectivity index (χ3v) is 2.59. The number of benzene rings is 1. The van der Waals surface area contributed by atoms with Crippen molar-refractivity contribution in [1.29, 1.82) is 0 Å². The van der Waals surface area contributed by atoms with Gasteiger partial charge >= 0.3 is 0 Å². The van der Waals surface area contributed by atoms with Gasteiger partial charge in [-0.15, -0.1) is 0 Å². The molecule has 0 saturated carbocycles. The van der Waals surface area contributed by atoms with Crippen LogP contribution in [0, 0.1) is 6.92 Å². The van der Waals surface area contributed by atoms with Crippen molar-refractivity contribution in [1.82, 2.24) is 10.3 Å². The first-order valence-corrected chi connectivity index (χ1v) is 5.65. The number of aryl methyl sites for hydroxylation is 1. The second kappa shape index (κ2) is 5.46. The van der Waals surface area contributed by atoms with Crippen molar-refractivity contribution in [3.63, 3.8) is 0 Å². The van der Waals surface area contributed by atoms with E-state index >= 15 is 0 Å². The number of aromatic hydroxyl groups is 1. The predicted molar refractivity (Wildman–Crippen MR) is 67.6 cm³/mol. The van der Waals surface area contributed by atoms with E-state index in [1.54, 1.807) is 6.07 Å². The lowest BCUT2D eigenvalue weighted by Crippen LogP contribution is -2.13. The average Bonchev–Trinajstić information content (AvgIpc) is 2.34. The van der Waals surface area contributed by atoms with E-state index in [1.165, 1.54) is 0 Å². The number of hydrogen-bond donors (Lipinski definition) is 2. The SMILES string of the molecule is Cc1ccc(CNCc2ccccc2O)nc1. The normalized spacial score (nSPS) is 10.4. The Labute approximate surface area is 101 Å². The lowest BCUT2D eigenvalue weighted by Gasteiger charge is -2.06. The van der Waals surface area contributed by atoms with Crippen molar-refractivity contribution in [2.45, 2.75) is 20.0 Å². The summed E-state index contributed by atoms with van der Waals surface area (Å²) in [6.45, 7) is 3.36. The molecule has 0 aliphatic carbocycles. The first-order valence-electron chi connectivity index (χ1n) is 5.65. The zero-order valence-electron chi connectivity index (χ0n) is 9.85. The summed E-state index contributed by atoms with van der Waals surface area (Å²) in [5.74, 6) is 0.330. The van der Waals surface area contributed by atoms with Crippen LogP contribution >= 0.6 is 0 Å². The molecule has 3 heteroatoms. The van der Waals surface area contributed by atoms with Crippen LogP contribution in [0.5, 0.6) is 5.75 Å². The lowest BCUT2D eigenvalue weighted by molar-refractivity contribution is 0.464. The summed E-state index contributed by atoms with van der Waals surface area (Å²) in [5, 5.41) is 12.8. The molecule has 2 aromatic rings. The van der Waals surface area contributed by atoms with Crippen molar-refractivity contribution < 1.29 is 5.11 Å². The molecule has 1 aromatic carbocycles. The first kappa shape index (κ1) is 11.6. The quantitative estimate of drug-likeness (QED) is 0.844. The second-order valence-electron chi connectivity index (χ2n) is 4.06. The van der Waals surface area contributed by atoms with Gasteiger partial charge in [0.15, 0.2) is 0 Å². The van der Waals surface area contributed by atoms with Gasteiger partial charge in [-0.25, -0.2) is 0 Å². The zero-order valence-corrected chi connectivity index (χ0v) is 9.85. The Bertz CT molecular complexity index is 480. The van der Waals surface area contributed by atoms with Crippen molar-refractivity contribution in [3.05, 3.63) is 59.4 Å². The smallest absolute Gasteiger partial charge is 0.120 e. The molecule has 0 aliphatic rings. The van der Waals surface area contributed by atoms with E-state index < -0.39 is 0 Å². The van der Waals surface area contributed by atoms with Gasteiger partial charge in [0.25, 0.3) is 0 Å². The number of phenolic OH excluding ortho intramolecular Hbond substituents is 1. The highest BCUT2D eigenvalue weighted by Crippen LogP contribution is 2.14. The van der Waals surface area contributed by atoms with E-state index in [2.05, 4.69) is 10.3 Å². The molecule has 2 rings (SSSR count). The molecule has 0 radical (unpaired) electrons. The topological polar surface area (TPSA) is 45.1 Å². The van der Waals surface area contributed by atoms with Crippen LogP contribution in [0.3, 0.4) is 0 Å². The van der Waals surface area contributed by atoms with Gasteiger partial charge in [-0.1, -0.05) is 24.3 Å². The molecular weight excluding hydrogens is 212 g/mol. The molecule has 0 atom stereocenters. The molecule has 0 amide bonds. The monoisotopic (exact) mass is 228 g/mol. The van der Waals surface area contributed by atoms with Crippen LogP contribution in [0.4, 0.5) is 0 Å². The largest absolute Gasteiger partial charge is 0.508 e. The van der Waals surface area contributed by atoms with E-state index in [0.29, 0.717) is 18.8 Å². The number of aromatic nitrogens is 1. The van der Waals surface area contributed by atoms with Crippen LogP contribution in [0.2, 0.25) is 0 Å². The highest BCUT2D eigenvalue weighted by Gasteiger charge is 1.99. The first-order chi connectivity index (χ1) is 8.25. The summed E-state index contributed by atoms with van der Waals surface area (Å²) in [4.78, 5) is 4.31. The minimum atomic E-state index is 0.330. The van der Waals surface area contributed by atoms with Gasteiger partial charge in [0.2, 0.25) is 0 Å². The Hall–Kier alpha value is -1.87. The molecule has 88 valence electrons. The average molecular weight is 228 g/mol. The van der Waals surface area contributed by atoms with Gasteiger partial charge in [-0.3, -0.25) is 4.98 Å². The minimum absolute atomic E-state index is 0.330. The number of hydrogen-bond acceptors (Lipinski definition) is 3. The van der Waals surface area contributed by atoms with Gasteiger partial charge < -0.3 is 10.4 Å². The van der Waals surface area contributed by atoms with Crippen LogP contribution in [0.1, 0.15) is 16.8 Å². The molecule has 0 bridgehead atoms. The highest BCUT2D eigenvalue weighted by atomic mass is 16.3. The maximum Gasteiger partial charge on any atom is 0.120 e. The number of nitrogens with zero attached hydrogens (tertiary/aromatic N) is 1. The zero-order chi connectivity index (χ0) is 12.1. The van der Waals surface area contributed by atoms with Gasteiger partial charge in [-0.05, 0) is 24.6 Å². The van der Waals surface area contributed by atoms with E-state index in [1.807, 2.05) is 43.5 Å². The molecule has 0 unspecified atom stereocenters. The summed E-state index contributed by atoms with van der Waals surface area (Å²) in [6, 6.07) is 11.4. The summed E-state index contributed by atoms with van der Waals surface area (Å²) < 4.78 is 0. The molecule has 1 aromatic heterocycles. The molecular formula is C14H16N2O. The van der Waals surface area contributed by atoms with Crippen molar-refractivity contribution in [3.8, 4) is 5.75 Å². The standard InChI is InChI=1S/C14H16N2O/c1-11-6-7-13(16-8-11)10-15-9-12-4-2-3-5-14(12)17/h2-8,15,17H,9-10H2,1H3. The Kier molecular flexibility index (Phi) is 3.73. The van der Waals surface area contributed by atoms with Gasteiger partial charge in [0.05, 0.1) is 5.69 Å². The number of nitrogens with one attached hydrogen (secondary N) is 1. The lowest BCUT2D eigenvalue weighted by atomic mass is 10.2. The molecule has 17 heavy (non-hydrogen) atoms. The van der Waals surface area contributed by atoms with Crippen LogP contribution < -0.4 is 5.32 Å². The molecule has 0 spiro atoms. The minimum Gasteiger partial charge on any atom is -0.508 e. The third-order valence-electron chi connectivity index (χ3n) is 2.59. The molecule has 0 fully saturated rings. The van der Waals surface area contributed by atoms with E-state index in [4.69, 9.17) is 0 Å². The van der Waals surface area contributed by atoms with Crippen molar-refractivity contribution in [2.75, 3.05) is 0 Å². The maximum atomic E-state index is 9.59. The summed E-state index contributed by atoms with van der Waals surface area (Å²) >= 11 is 0. The van der Waals surface area contributed by atoms with E-state index in [9.17, 15) is 5.11 Å². The Morgan fingerprint density at radius 3 is 2.65 bits per heavy atom. The Morgan fingerprint density at radius 1 is 1.12 bits per heavy atom. The van der Waals surface area contributed by atoms with Crippen LogP contribution in [-0.2, 0) is 13.1 Å². The van der Waals surface area contributed by atoms with Crippen molar-refractivity contribution >= 4 is 0 Å². The third kappa shape index (κ3) is 3.29. The summed E-state index contributed by atoms with van der Waals surface area (Å²) in [6.07, 6.45) is 1.86. The Balaban J connectivity index is 1.88. The molecule has 0 aliphatic heterocycles. The van der Waals surface area contributed by atoms with Crippen LogP contribution in [0.15, 0.2) is 42.6 Å². The van der Waals surface area contributed by atoms with E-state index in [-0.39, 0.29) is 0 Å².